The van der Waals surface area contributed by atoms with Crippen molar-refractivity contribution >= 4 is 11.6 Å². The molecule has 0 radical (unpaired) electrons. The maximum atomic E-state index is 12.8. The lowest BCUT2D eigenvalue weighted by Crippen LogP contribution is -2.40. The predicted octanol–water partition coefficient (Wildman–Crippen LogP) is 2.58. The topological polar surface area (TPSA) is 103 Å². The van der Waals surface area contributed by atoms with Gasteiger partial charge >= 0.3 is 5.69 Å². The monoisotopic (exact) mass is 461 g/mol. The van der Waals surface area contributed by atoms with E-state index in [0.717, 1.165) is 15.7 Å². The number of aromatic hydroxyl groups is 1. The third-order valence-electron chi connectivity index (χ3n) is 5.14. The second-order valence-corrected chi connectivity index (χ2v) is 7.73. The Balaban J connectivity index is 1.87. The Morgan fingerprint density at radius 3 is 2.41 bits per heavy atom. The lowest BCUT2D eigenvalue weighted by molar-refractivity contribution is -0.116. The largest absolute Gasteiger partial charge is 0.508 e. The fraction of sp³-hybridized carbons (Fsp3) is 0.269. The standard InChI is InChI=1S/C26H27N3O5/c1-4-34-25-23(27-22(31)16-13-20-9-7-18(2)8-10-20)24(32)28(3)26(33)29(25)17-5-6-19-11-14-21(30)15-12-19/h7-12,14-15,30H,4,13,16-17H2,1-3H3,(H,27,31). The number of aryl methyl sites for hydroxylation is 2. The Labute approximate surface area is 197 Å². The molecule has 1 amide bonds. The van der Waals surface area contributed by atoms with Crippen LogP contribution in [0, 0.1) is 18.8 Å². The number of phenols is 1. The number of carbonyl (C=O) groups is 1. The van der Waals surface area contributed by atoms with Crippen molar-refractivity contribution in [3.8, 4) is 23.5 Å². The Kier molecular flexibility index (Phi) is 7.93. The molecule has 8 heteroatoms. The van der Waals surface area contributed by atoms with Gasteiger partial charge in [-0.05, 0) is 50.1 Å². The highest BCUT2D eigenvalue weighted by Gasteiger charge is 2.20. The van der Waals surface area contributed by atoms with E-state index in [0.29, 0.717) is 12.0 Å². The molecule has 0 saturated carbocycles. The molecule has 3 aromatic rings. The van der Waals surface area contributed by atoms with Gasteiger partial charge in [0.15, 0.2) is 5.69 Å². The van der Waals surface area contributed by atoms with Gasteiger partial charge in [0.05, 0.1) is 13.2 Å². The van der Waals surface area contributed by atoms with Crippen LogP contribution < -0.4 is 21.3 Å². The quantitative estimate of drug-likeness (QED) is 0.527. The molecular formula is C26H27N3O5. The number of nitrogens with zero attached hydrogens (tertiary/aromatic N) is 2. The molecule has 2 N–H and O–H groups in total. The minimum Gasteiger partial charge on any atom is -0.508 e. The summed E-state index contributed by atoms with van der Waals surface area (Å²) in [5, 5.41) is 12.0. The molecule has 176 valence electrons. The Bertz CT molecular complexity index is 1340. The van der Waals surface area contributed by atoms with E-state index >= 15 is 0 Å². The van der Waals surface area contributed by atoms with E-state index in [9.17, 15) is 19.5 Å². The van der Waals surface area contributed by atoms with Crippen LogP contribution >= 0.6 is 0 Å². The first-order valence-corrected chi connectivity index (χ1v) is 10.9. The fourth-order valence-electron chi connectivity index (χ4n) is 3.26. The van der Waals surface area contributed by atoms with Crippen molar-refractivity contribution in [2.45, 2.75) is 33.2 Å². The zero-order valence-electron chi connectivity index (χ0n) is 19.4. The van der Waals surface area contributed by atoms with Crippen LogP contribution in [-0.4, -0.2) is 26.8 Å². The maximum Gasteiger partial charge on any atom is 0.334 e. The number of phenolic OH excluding ortho intramolecular Hbond substituents is 1. The molecule has 0 bridgehead atoms. The highest BCUT2D eigenvalue weighted by molar-refractivity contribution is 5.91. The Morgan fingerprint density at radius 1 is 1.09 bits per heavy atom. The van der Waals surface area contributed by atoms with Gasteiger partial charge in [0.25, 0.3) is 5.56 Å². The van der Waals surface area contributed by atoms with E-state index < -0.39 is 11.2 Å². The number of hydrogen-bond acceptors (Lipinski definition) is 5. The van der Waals surface area contributed by atoms with Crippen LogP contribution in [0.4, 0.5) is 5.69 Å². The van der Waals surface area contributed by atoms with Crippen LogP contribution in [0.3, 0.4) is 0 Å². The second-order valence-electron chi connectivity index (χ2n) is 7.73. The number of rotatable bonds is 7. The minimum absolute atomic E-state index is 0.0284. The summed E-state index contributed by atoms with van der Waals surface area (Å²) in [5.74, 6) is 5.52. The van der Waals surface area contributed by atoms with Crippen molar-refractivity contribution in [1.82, 2.24) is 9.13 Å². The van der Waals surface area contributed by atoms with Crippen molar-refractivity contribution in [1.29, 1.82) is 0 Å². The summed E-state index contributed by atoms with van der Waals surface area (Å²) in [7, 11) is 1.34. The van der Waals surface area contributed by atoms with Gasteiger partial charge in [-0.3, -0.25) is 18.7 Å². The summed E-state index contributed by atoms with van der Waals surface area (Å²) < 4.78 is 7.75. The molecule has 1 heterocycles. The summed E-state index contributed by atoms with van der Waals surface area (Å²) >= 11 is 0. The molecule has 0 aliphatic heterocycles. The normalized spacial score (nSPS) is 10.3. The number of ether oxygens (including phenoxy) is 1. The average molecular weight is 462 g/mol. The van der Waals surface area contributed by atoms with Gasteiger partial charge < -0.3 is 15.2 Å². The first kappa shape index (κ1) is 24.4. The first-order valence-electron chi connectivity index (χ1n) is 10.9. The number of nitrogens with one attached hydrogen (secondary N) is 1. The van der Waals surface area contributed by atoms with Gasteiger partial charge in [-0.1, -0.05) is 41.7 Å². The average Bonchev–Trinajstić information content (AvgIpc) is 2.83. The predicted molar refractivity (Wildman–Crippen MR) is 130 cm³/mol. The van der Waals surface area contributed by atoms with Gasteiger partial charge in [0.1, 0.15) is 5.75 Å². The zero-order valence-corrected chi connectivity index (χ0v) is 19.4. The number of amides is 1. The molecular weight excluding hydrogens is 434 g/mol. The van der Waals surface area contributed by atoms with E-state index in [4.69, 9.17) is 4.74 Å². The third-order valence-corrected chi connectivity index (χ3v) is 5.14. The highest BCUT2D eigenvalue weighted by atomic mass is 16.5. The summed E-state index contributed by atoms with van der Waals surface area (Å²) in [6, 6.07) is 14.2. The van der Waals surface area contributed by atoms with E-state index in [-0.39, 0.29) is 42.8 Å². The van der Waals surface area contributed by atoms with Crippen LogP contribution in [0.25, 0.3) is 0 Å². The van der Waals surface area contributed by atoms with Crippen molar-refractivity contribution in [3.05, 3.63) is 86.1 Å². The molecule has 0 fully saturated rings. The van der Waals surface area contributed by atoms with Gasteiger partial charge in [0, 0.05) is 19.0 Å². The van der Waals surface area contributed by atoms with Gasteiger partial charge in [-0.2, -0.15) is 0 Å². The molecule has 0 saturated heterocycles. The lowest BCUT2D eigenvalue weighted by atomic mass is 10.1. The summed E-state index contributed by atoms with van der Waals surface area (Å²) in [4.78, 5) is 38.2. The van der Waals surface area contributed by atoms with E-state index in [1.807, 2.05) is 31.2 Å². The minimum atomic E-state index is -0.653. The Morgan fingerprint density at radius 2 is 1.76 bits per heavy atom. The molecule has 0 aliphatic carbocycles. The number of aromatic nitrogens is 2. The zero-order chi connectivity index (χ0) is 24.7. The van der Waals surface area contributed by atoms with Crippen LogP contribution in [0.15, 0.2) is 58.1 Å². The fourth-order valence-corrected chi connectivity index (χ4v) is 3.26. The molecule has 1 aromatic heterocycles. The highest BCUT2D eigenvalue weighted by Crippen LogP contribution is 2.19. The van der Waals surface area contributed by atoms with Crippen molar-refractivity contribution in [2.24, 2.45) is 7.05 Å². The maximum absolute atomic E-state index is 12.8. The lowest BCUT2D eigenvalue weighted by Gasteiger charge is -2.17. The van der Waals surface area contributed by atoms with Crippen molar-refractivity contribution in [2.75, 3.05) is 11.9 Å². The van der Waals surface area contributed by atoms with Crippen molar-refractivity contribution < 1.29 is 14.6 Å². The molecule has 3 rings (SSSR count). The Hall–Kier alpha value is -4.25. The van der Waals surface area contributed by atoms with E-state index in [1.165, 1.54) is 23.7 Å². The number of benzene rings is 2. The van der Waals surface area contributed by atoms with Crippen LogP contribution in [0.2, 0.25) is 0 Å². The van der Waals surface area contributed by atoms with Crippen LogP contribution in [0.1, 0.15) is 30.0 Å². The molecule has 0 spiro atoms. The van der Waals surface area contributed by atoms with Crippen molar-refractivity contribution in [3.63, 3.8) is 0 Å². The van der Waals surface area contributed by atoms with Crippen LogP contribution in [0.5, 0.6) is 11.6 Å². The second kappa shape index (κ2) is 11.1. The van der Waals surface area contributed by atoms with E-state index in [2.05, 4.69) is 17.2 Å². The molecule has 0 unspecified atom stereocenters. The smallest absolute Gasteiger partial charge is 0.334 e. The molecule has 2 aromatic carbocycles. The third kappa shape index (κ3) is 5.95. The van der Waals surface area contributed by atoms with E-state index in [1.54, 1.807) is 19.1 Å². The SMILES string of the molecule is CCOc1c(NC(=O)CCc2ccc(C)cc2)c(=O)n(C)c(=O)n1CC#Cc1ccc(O)cc1. The molecule has 8 nitrogen and oxygen atoms in total. The number of anilines is 1. The number of carbonyl (C=O) groups excluding carboxylic acids is 1. The van der Waals surface area contributed by atoms with Gasteiger partial charge in [0.2, 0.25) is 11.8 Å². The van der Waals surface area contributed by atoms with Gasteiger partial charge in [-0.15, -0.1) is 0 Å². The van der Waals surface area contributed by atoms with Crippen LogP contribution in [-0.2, 0) is 24.8 Å². The first-order chi connectivity index (χ1) is 16.3. The number of hydrogen-bond donors (Lipinski definition) is 2. The summed E-state index contributed by atoms with van der Waals surface area (Å²) in [6.07, 6.45) is 0.672. The molecule has 0 aliphatic rings. The van der Waals surface area contributed by atoms with Gasteiger partial charge in [-0.25, -0.2) is 4.79 Å². The summed E-state index contributed by atoms with van der Waals surface area (Å²) in [6.45, 7) is 3.84. The summed E-state index contributed by atoms with van der Waals surface area (Å²) in [5.41, 5.74) is 1.44. The molecule has 34 heavy (non-hydrogen) atoms. The molecule has 0 atom stereocenters.